The van der Waals surface area contributed by atoms with Gasteiger partial charge in [-0.1, -0.05) is 24.3 Å². The molecule has 1 saturated heterocycles. The van der Waals surface area contributed by atoms with Crippen LogP contribution in [-0.2, 0) is 4.79 Å². The number of methoxy groups -OCH3 is 2. The van der Waals surface area contributed by atoms with Crippen LogP contribution in [0.5, 0.6) is 11.5 Å². The highest BCUT2D eigenvalue weighted by molar-refractivity contribution is 5.97. The summed E-state index contributed by atoms with van der Waals surface area (Å²) in [5.74, 6) is 1.19. The molecule has 29 heavy (non-hydrogen) atoms. The molecule has 0 N–H and O–H groups in total. The van der Waals surface area contributed by atoms with Gasteiger partial charge in [0.15, 0.2) is 0 Å². The Hall–Kier alpha value is -3.28. The fourth-order valence-electron chi connectivity index (χ4n) is 3.35. The summed E-state index contributed by atoms with van der Waals surface area (Å²) in [7, 11) is 3.17. The van der Waals surface area contributed by atoms with E-state index in [1.165, 1.54) is 0 Å². The van der Waals surface area contributed by atoms with Gasteiger partial charge in [0.05, 0.1) is 19.8 Å². The molecule has 0 atom stereocenters. The molecule has 1 aliphatic rings. The minimum absolute atomic E-state index is 0.0561. The topological polar surface area (TPSA) is 59.1 Å². The Balaban J connectivity index is 1.62. The molecule has 152 valence electrons. The van der Waals surface area contributed by atoms with Gasteiger partial charge in [0, 0.05) is 32.3 Å². The van der Waals surface area contributed by atoms with E-state index in [0.29, 0.717) is 37.5 Å². The lowest BCUT2D eigenvalue weighted by molar-refractivity contribution is -0.125. The summed E-state index contributed by atoms with van der Waals surface area (Å²) in [5, 5.41) is 0. The van der Waals surface area contributed by atoms with Crippen LogP contribution in [0.3, 0.4) is 0 Å². The van der Waals surface area contributed by atoms with Gasteiger partial charge in [0.1, 0.15) is 11.5 Å². The molecule has 6 nitrogen and oxygen atoms in total. The van der Waals surface area contributed by atoms with Crippen LogP contribution in [0.1, 0.15) is 22.3 Å². The van der Waals surface area contributed by atoms with Gasteiger partial charge in [-0.05, 0) is 42.3 Å². The minimum Gasteiger partial charge on any atom is -0.497 e. The molecule has 1 heterocycles. The van der Waals surface area contributed by atoms with E-state index in [1.54, 1.807) is 48.3 Å². The molecule has 2 aromatic carbocycles. The highest BCUT2D eigenvalue weighted by atomic mass is 16.5. The number of hydrogen-bond acceptors (Lipinski definition) is 4. The van der Waals surface area contributed by atoms with E-state index in [2.05, 4.69) is 0 Å². The lowest BCUT2D eigenvalue weighted by Gasteiger charge is -2.22. The van der Waals surface area contributed by atoms with Crippen molar-refractivity contribution in [2.75, 3.05) is 40.4 Å². The van der Waals surface area contributed by atoms with Crippen molar-refractivity contribution >= 4 is 17.9 Å². The van der Waals surface area contributed by atoms with Crippen LogP contribution in [0, 0.1) is 0 Å². The van der Waals surface area contributed by atoms with Gasteiger partial charge in [-0.15, -0.1) is 0 Å². The Morgan fingerprint density at radius 2 is 1.66 bits per heavy atom. The Labute approximate surface area is 171 Å². The van der Waals surface area contributed by atoms with E-state index in [1.807, 2.05) is 36.4 Å². The first-order valence-electron chi connectivity index (χ1n) is 9.65. The Kier molecular flexibility index (Phi) is 6.89. The molecule has 0 aromatic heterocycles. The second-order valence-electron chi connectivity index (χ2n) is 6.78. The summed E-state index contributed by atoms with van der Waals surface area (Å²) in [6, 6.07) is 14.8. The number of amides is 2. The summed E-state index contributed by atoms with van der Waals surface area (Å²) < 4.78 is 10.5. The van der Waals surface area contributed by atoms with Crippen molar-refractivity contribution in [2.24, 2.45) is 0 Å². The van der Waals surface area contributed by atoms with Gasteiger partial charge in [-0.2, -0.15) is 0 Å². The predicted octanol–water partition coefficient (Wildman–Crippen LogP) is 3.09. The largest absolute Gasteiger partial charge is 0.497 e. The molecule has 0 spiro atoms. The number of benzene rings is 2. The van der Waals surface area contributed by atoms with Crippen molar-refractivity contribution < 1.29 is 19.1 Å². The lowest BCUT2D eigenvalue weighted by atomic mass is 10.1. The first-order valence-corrected chi connectivity index (χ1v) is 9.65. The first-order chi connectivity index (χ1) is 14.1. The van der Waals surface area contributed by atoms with Crippen molar-refractivity contribution in [1.82, 2.24) is 9.80 Å². The lowest BCUT2D eigenvalue weighted by Crippen LogP contribution is -2.36. The minimum atomic E-state index is -0.0660. The average Bonchev–Trinajstić information content (AvgIpc) is 3.03. The molecule has 0 unspecified atom stereocenters. The van der Waals surface area contributed by atoms with Crippen LogP contribution >= 0.6 is 0 Å². The van der Waals surface area contributed by atoms with Crippen LogP contribution in [0.15, 0.2) is 54.6 Å². The van der Waals surface area contributed by atoms with Gasteiger partial charge in [0.2, 0.25) is 5.91 Å². The van der Waals surface area contributed by atoms with Crippen LogP contribution in [0.25, 0.3) is 6.08 Å². The summed E-state index contributed by atoms with van der Waals surface area (Å²) in [4.78, 5) is 29.1. The zero-order chi connectivity index (χ0) is 20.6. The number of ether oxygens (including phenoxy) is 2. The van der Waals surface area contributed by atoms with Gasteiger partial charge in [0.25, 0.3) is 5.91 Å². The summed E-state index contributed by atoms with van der Waals surface area (Å²) >= 11 is 0. The van der Waals surface area contributed by atoms with E-state index in [4.69, 9.17) is 9.47 Å². The molecule has 1 aliphatic heterocycles. The van der Waals surface area contributed by atoms with Crippen LogP contribution in [0.4, 0.5) is 0 Å². The van der Waals surface area contributed by atoms with Crippen LogP contribution in [0.2, 0.25) is 0 Å². The molecule has 2 aromatic rings. The van der Waals surface area contributed by atoms with Gasteiger partial charge >= 0.3 is 0 Å². The fourth-order valence-corrected chi connectivity index (χ4v) is 3.35. The number of nitrogens with zero attached hydrogens (tertiary/aromatic N) is 2. The Bertz CT molecular complexity index is 894. The summed E-state index contributed by atoms with van der Waals surface area (Å²) in [5.41, 5.74) is 1.45. The second-order valence-corrected chi connectivity index (χ2v) is 6.78. The third-order valence-electron chi connectivity index (χ3n) is 4.94. The van der Waals surface area contributed by atoms with E-state index >= 15 is 0 Å². The maximum atomic E-state index is 12.9. The van der Waals surface area contributed by atoms with Crippen LogP contribution in [-0.4, -0.2) is 62.0 Å². The monoisotopic (exact) mass is 394 g/mol. The van der Waals surface area contributed by atoms with E-state index in [0.717, 1.165) is 17.7 Å². The number of hydrogen-bond donors (Lipinski definition) is 0. The highest BCUT2D eigenvalue weighted by Crippen LogP contribution is 2.20. The number of carbonyl (C=O) groups is 2. The molecule has 2 amide bonds. The molecule has 0 aliphatic carbocycles. The predicted molar refractivity (Wildman–Crippen MR) is 112 cm³/mol. The van der Waals surface area contributed by atoms with Crippen molar-refractivity contribution in [2.45, 2.75) is 6.42 Å². The Morgan fingerprint density at radius 3 is 2.45 bits per heavy atom. The molecular formula is C23H26N2O4. The first kappa shape index (κ1) is 20.5. The van der Waals surface area contributed by atoms with Crippen molar-refractivity contribution in [3.05, 3.63) is 65.7 Å². The Morgan fingerprint density at radius 1 is 0.897 bits per heavy atom. The standard InChI is InChI=1S/C23H26N2O4/c1-28-19-8-5-7-18(17-19)11-12-22(26)24-13-6-14-25(16-15-24)23(27)20-9-3-4-10-21(20)29-2/h3-5,7-12,17H,6,13-16H2,1-2H3/b12-11+. The quantitative estimate of drug-likeness (QED) is 0.732. The SMILES string of the molecule is COc1cccc(/C=C/C(=O)N2CCCN(C(=O)c3ccccc3OC)CC2)c1. The van der Waals surface area contributed by atoms with Crippen LogP contribution < -0.4 is 9.47 Å². The van der Waals surface area contributed by atoms with Crippen molar-refractivity contribution in [3.8, 4) is 11.5 Å². The van der Waals surface area contributed by atoms with E-state index in [9.17, 15) is 9.59 Å². The van der Waals surface area contributed by atoms with Gasteiger partial charge in [-0.25, -0.2) is 0 Å². The maximum Gasteiger partial charge on any atom is 0.257 e. The van der Waals surface area contributed by atoms with E-state index < -0.39 is 0 Å². The normalized spacial score (nSPS) is 14.6. The number of carbonyl (C=O) groups excluding carboxylic acids is 2. The molecule has 6 heteroatoms. The third kappa shape index (κ3) is 5.16. The number of rotatable bonds is 5. The smallest absolute Gasteiger partial charge is 0.257 e. The highest BCUT2D eigenvalue weighted by Gasteiger charge is 2.23. The average molecular weight is 394 g/mol. The van der Waals surface area contributed by atoms with Gasteiger partial charge in [-0.3, -0.25) is 9.59 Å². The summed E-state index contributed by atoms with van der Waals surface area (Å²) in [6.07, 6.45) is 4.10. The second kappa shape index (κ2) is 9.78. The molecule has 0 bridgehead atoms. The van der Waals surface area contributed by atoms with E-state index in [-0.39, 0.29) is 11.8 Å². The van der Waals surface area contributed by atoms with Crippen molar-refractivity contribution in [1.29, 1.82) is 0 Å². The molecule has 1 fully saturated rings. The fraction of sp³-hybridized carbons (Fsp3) is 0.304. The number of para-hydroxylation sites is 1. The van der Waals surface area contributed by atoms with Crippen molar-refractivity contribution in [3.63, 3.8) is 0 Å². The molecular weight excluding hydrogens is 368 g/mol. The zero-order valence-corrected chi connectivity index (χ0v) is 16.8. The van der Waals surface area contributed by atoms with Gasteiger partial charge < -0.3 is 19.3 Å². The summed E-state index contributed by atoms with van der Waals surface area (Å²) in [6.45, 7) is 2.23. The third-order valence-corrected chi connectivity index (χ3v) is 4.94. The molecule has 0 saturated carbocycles. The zero-order valence-electron chi connectivity index (χ0n) is 16.8. The maximum absolute atomic E-state index is 12.9. The molecule has 3 rings (SSSR count). The molecule has 0 radical (unpaired) electrons.